The van der Waals surface area contributed by atoms with Crippen LogP contribution >= 0.6 is 23.2 Å². The van der Waals surface area contributed by atoms with Gasteiger partial charge in [-0.25, -0.2) is 9.69 Å². The molecule has 2 fully saturated rings. The minimum atomic E-state index is -0.187. The Balaban J connectivity index is 1.40. The van der Waals surface area contributed by atoms with Gasteiger partial charge >= 0.3 is 0 Å². The van der Waals surface area contributed by atoms with E-state index in [0.717, 1.165) is 41.2 Å². The number of aromatic nitrogens is 2. The molecule has 1 aliphatic carbocycles. The van der Waals surface area contributed by atoms with E-state index in [1.54, 1.807) is 23.9 Å². The molecule has 2 unspecified atom stereocenters. The number of methoxy groups -OCH3 is 1. The number of hydrogen-bond donors (Lipinski definition) is 2. The molecule has 1 saturated heterocycles. The van der Waals surface area contributed by atoms with Crippen LogP contribution in [0, 0.1) is 11.8 Å². The van der Waals surface area contributed by atoms with E-state index in [1.165, 1.54) is 19.3 Å². The standard InChI is InChI=1S/C28H29Cl2N5O2/c1-37-22-8-5-17(6-9-22)11-20-13-31-14-23-26(28(36)33-34-15-18-3-2-4-19(18)16-34)32-35(27(20)23)25-10-7-21(29)12-24(25)30/h5-12,18-19,31H,2-4,13-16H2,1H3,(H,33,36)/b20-11+. The van der Waals surface area contributed by atoms with Crippen molar-refractivity contribution in [2.45, 2.75) is 25.8 Å². The maximum Gasteiger partial charge on any atom is 0.286 e. The Morgan fingerprint density at radius 1 is 1.11 bits per heavy atom. The summed E-state index contributed by atoms with van der Waals surface area (Å²) >= 11 is 12.8. The molecule has 9 heteroatoms. The number of hydrazine groups is 1. The number of nitrogens with one attached hydrogen (secondary N) is 2. The Labute approximate surface area is 226 Å². The van der Waals surface area contributed by atoms with E-state index in [-0.39, 0.29) is 5.91 Å². The van der Waals surface area contributed by atoms with Gasteiger partial charge < -0.3 is 10.1 Å². The number of amides is 1. The minimum absolute atomic E-state index is 0.187. The number of carbonyl (C=O) groups excluding carboxylic acids is 1. The summed E-state index contributed by atoms with van der Waals surface area (Å²) in [6, 6.07) is 13.2. The molecule has 0 bridgehead atoms. The average molecular weight is 538 g/mol. The average Bonchev–Trinajstić information content (AvgIpc) is 3.59. The third-order valence-corrected chi connectivity index (χ3v) is 8.24. The van der Waals surface area contributed by atoms with Gasteiger partial charge in [0.25, 0.3) is 5.91 Å². The monoisotopic (exact) mass is 537 g/mol. The lowest BCUT2D eigenvalue weighted by atomic mass is 9.99. The molecule has 1 aromatic heterocycles. The Morgan fingerprint density at radius 3 is 2.57 bits per heavy atom. The van der Waals surface area contributed by atoms with Gasteiger partial charge in [-0.3, -0.25) is 10.2 Å². The molecule has 2 N–H and O–H groups in total. The van der Waals surface area contributed by atoms with Gasteiger partial charge in [0, 0.05) is 36.8 Å². The normalized spacial score (nSPS) is 22.2. The molecule has 7 nitrogen and oxygen atoms in total. The Hall–Kier alpha value is -2.84. The molecule has 2 atom stereocenters. The van der Waals surface area contributed by atoms with Gasteiger partial charge in [0.1, 0.15) is 5.75 Å². The van der Waals surface area contributed by atoms with Gasteiger partial charge in [0.05, 0.1) is 23.5 Å². The Bertz CT molecular complexity index is 1360. The van der Waals surface area contributed by atoms with Crippen molar-refractivity contribution in [2.75, 3.05) is 26.7 Å². The van der Waals surface area contributed by atoms with Gasteiger partial charge in [-0.05, 0) is 72.2 Å². The van der Waals surface area contributed by atoms with Gasteiger partial charge in [-0.2, -0.15) is 5.10 Å². The first-order valence-corrected chi connectivity index (χ1v) is 13.4. The highest BCUT2D eigenvalue weighted by Gasteiger charge is 2.37. The van der Waals surface area contributed by atoms with Gasteiger partial charge in [0.2, 0.25) is 0 Å². The lowest BCUT2D eigenvalue weighted by Gasteiger charge is -2.21. The van der Waals surface area contributed by atoms with Gasteiger partial charge in [-0.1, -0.05) is 41.8 Å². The zero-order valence-electron chi connectivity index (χ0n) is 20.6. The third kappa shape index (κ3) is 4.77. The maximum atomic E-state index is 13.6. The van der Waals surface area contributed by atoms with Gasteiger partial charge in [0.15, 0.2) is 5.69 Å². The van der Waals surface area contributed by atoms with E-state index in [9.17, 15) is 4.79 Å². The SMILES string of the molecule is COc1ccc(/C=C2\CNCc3c(C(=O)NN4CC5CCCC5C4)nn(-c4ccc(Cl)cc4Cl)c32)cc1. The van der Waals surface area contributed by atoms with Crippen LogP contribution in [0.25, 0.3) is 17.3 Å². The number of hydrogen-bond acceptors (Lipinski definition) is 5. The first-order chi connectivity index (χ1) is 18.0. The molecule has 2 aromatic carbocycles. The highest BCUT2D eigenvalue weighted by molar-refractivity contribution is 6.35. The smallest absolute Gasteiger partial charge is 0.286 e. The Kier molecular flexibility index (Phi) is 6.71. The highest BCUT2D eigenvalue weighted by atomic mass is 35.5. The molecular weight excluding hydrogens is 509 g/mol. The van der Waals surface area contributed by atoms with Crippen molar-refractivity contribution < 1.29 is 9.53 Å². The number of ether oxygens (including phenoxy) is 1. The third-order valence-electron chi connectivity index (χ3n) is 7.70. The fraction of sp³-hybridized carbons (Fsp3) is 0.357. The molecule has 0 radical (unpaired) electrons. The Morgan fingerprint density at radius 2 is 1.86 bits per heavy atom. The summed E-state index contributed by atoms with van der Waals surface area (Å²) in [5.41, 5.74) is 8.00. The molecule has 1 saturated carbocycles. The van der Waals surface area contributed by atoms with Crippen LogP contribution in [0.1, 0.15) is 46.6 Å². The lowest BCUT2D eigenvalue weighted by Crippen LogP contribution is -2.41. The minimum Gasteiger partial charge on any atom is -0.497 e. The van der Waals surface area contributed by atoms with Crippen molar-refractivity contribution in [3.05, 3.63) is 75.0 Å². The summed E-state index contributed by atoms with van der Waals surface area (Å²) in [5.74, 6) is 1.97. The van der Waals surface area contributed by atoms with E-state index < -0.39 is 0 Å². The molecule has 192 valence electrons. The van der Waals surface area contributed by atoms with E-state index in [4.69, 9.17) is 33.0 Å². The second kappa shape index (κ2) is 10.1. The number of halogens is 2. The summed E-state index contributed by atoms with van der Waals surface area (Å²) in [6.07, 6.45) is 5.90. The van der Waals surface area contributed by atoms with Crippen molar-refractivity contribution in [1.82, 2.24) is 25.5 Å². The van der Waals surface area contributed by atoms with E-state index in [2.05, 4.69) is 21.8 Å². The van der Waals surface area contributed by atoms with Crippen molar-refractivity contribution in [3.8, 4) is 11.4 Å². The fourth-order valence-electron chi connectivity index (χ4n) is 5.91. The zero-order valence-corrected chi connectivity index (χ0v) is 22.1. The van der Waals surface area contributed by atoms with Crippen molar-refractivity contribution in [3.63, 3.8) is 0 Å². The second-order valence-electron chi connectivity index (χ2n) is 10.0. The second-order valence-corrected chi connectivity index (χ2v) is 10.9. The molecule has 2 aliphatic heterocycles. The predicted octanol–water partition coefficient (Wildman–Crippen LogP) is 5.21. The first-order valence-electron chi connectivity index (χ1n) is 12.7. The largest absolute Gasteiger partial charge is 0.497 e. The molecule has 3 aromatic rings. The van der Waals surface area contributed by atoms with Crippen LogP contribution in [-0.2, 0) is 6.54 Å². The van der Waals surface area contributed by atoms with E-state index in [0.29, 0.717) is 46.4 Å². The molecule has 37 heavy (non-hydrogen) atoms. The summed E-state index contributed by atoms with van der Waals surface area (Å²) in [4.78, 5) is 13.6. The predicted molar refractivity (Wildman–Crippen MR) is 146 cm³/mol. The summed E-state index contributed by atoms with van der Waals surface area (Å²) in [6.45, 7) is 2.98. The number of rotatable bonds is 5. The fourth-order valence-corrected chi connectivity index (χ4v) is 6.40. The number of carbonyl (C=O) groups is 1. The molecule has 3 aliphatic rings. The van der Waals surface area contributed by atoms with Crippen molar-refractivity contribution >= 4 is 40.8 Å². The van der Waals surface area contributed by atoms with Crippen LogP contribution in [0.3, 0.4) is 0 Å². The van der Waals surface area contributed by atoms with Crippen LogP contribution in [0.2, 0.25) is 10.0 Å². The summed E-state index contributed by atoms with van der Waals surface area (Å²) in [5, 5.41) is 11.4. The highest BCUT2D eigenvalue weighted by Crippen LogP contribution is 2.37. The lowest BCUT2D eigenvalue weighted by molar-refractivity contribution is 0.0807. The van der Waals surface area contributed by atoms with Crippen LogP contribution in [0.4, 0.5) is 0 Å². The number of nitrogens with zero attached hydrogens (tertiary/aromatic N) is 3. The summed E-state index contributed by atoms with van der Waals surface area (Å²) < 4.78 is 7.09. The van der Waals surface area contributed by atoms with Crippen LogP contribution in [-0.4, -0.2) is 47.4 Å². The van der Waals surface area contributed by atoms with E-state index in [1.807, 2.05) is 30.3 Å². The molecule has 3 heterocycles. The summed E-state index contributed by atoms with van der Waals surface area (Å²) in [7, 11) is 1.65. The quantitative estimate of drug-likeness (QED) is 0.467. The molecule has 0 spiro atoms. The molecule has 1 amide bonds. The van der Waals surface area contributed by atoms with Crippen molar-refractivity contribution in [2.24, 2.45) is 11.8 Å². The van der Waals surface area contributed by atoms with Crippen LogP contribution < -0.4 is 15.5 Å². The van der Waals surface area contributed by atoms with Gasteiger partial charge in [-0.15, -0.1) is 0 Å². The van der Waals surface area contributed by atoms with Crippen LogP contribution in [0.5, 0.6) is 5.75 Å². The number of fused-ring (bicyclic) bond motifs is 2. The zero-order chi connectivity index (χ0) is 25.5. The number of benzene rings is 2. The maximum absolute atomic E-state index is 13.6. The van der Waals surface area contributed by atoms with E-state index >= 15 is 0 Å². The molecular formula is C28H29Cl2N5O2. The topological polar surface area (TPSA) is 71.4 Å². The first kappa shape index (κ1) is 24.5. The molecule has 6 rings (SSSR count). The van der Waals surface area contributed by atoms with Crippen LogP contribution in [0.15, 0.2) is 42.5 Å². The van der Waals surface area contributed by atoms with Crippen molar-refractivity contribution in [1.29, 1.82) is 0 Å².